The molecule has 0 saturated carbocycles. The van der Waals surface area contributed by atoms with Crippen molar-refractivity contribution in [1.82, 2.24) is 4.67 Å². The molecular weight excluding hydrogens is 411 g/mol. The highest BCUT2D eigenvalue weighted by Gasteiger charge is 2.64. The lowest BCUT2D eigenvalue weighted by atomic mass is 9.95. The number of hydrogen-bond acceptors (Lipinski definition) is 7. The molecule has 0 spiro atoms. The molecule has 10 nitrogen and oxygen atoms in total. The molecule has 0 bridgehead atoms. The van der Waals surface area contributed by atoms with Crippen LogP contribution in [-0.4, -0.2) is 40.8 Å². The average molecular weight is 431 g/mol. The zero-order valence-corrected chi connectivity index (χ0v) is 17.0. The number of esters is 1. The Morgan fingerprint density at radius 1 is 1.39 bits per heavy atom. The van der Waals surface area contributed by atoms with E-state index in [0.29, 0.717) is 4.67 Å². The van der Waals surface area contributed by atoms with Crippen LogP contribution in [0.3, 0.4) is 0 Å². The minimum atomic E-state index is -4.11. The first-order valence-electron chi connectivity index (χ1n) is 8.41. The maximum Gasteiger partial charge on any atom is 0.438 e. The Hall–Kier alpha value is -2.09. The molecule has 2 rings (SSSR count). The molecule has 3 unspecified atom stereocenters. The fourth-order valence-corrected chi connectivity index (χ4v) is 4.82. The summed E-state index contributed by atoms with van der Waals surface area (Å²) >= 11 is 6.09. The number of azide groups is 1. The van der Waals surface area contributed by atoms with Crippen LogP contribution in [0.4, 0.5) is 0 Å². The largest absolute Gasteiger partial charge is 0.461 e. The molecule has 1 amide bonds. The molecule has 0 aliphatic carbocycles. The van der Waals surface area contributed by atoms with Crippen LogP contribution < -0.4 is 0 Å². The third kappa shape index (κ3) is 4.66. The summed E-state index contributed by atoms with van der Waals surface area (Å²) in [6, 6.07) is 9.11. The van der Waals surface area contributed by atoms with Crippen molar-refractivity contribution in [2.45, 2.75) is 37.9 Å². The fourth-order valence-electron chi connectivity index (χ4n) is 2.41. The Bertz CT molecular complexity index is 819. The molecule has 28 heavy (non-hydrogen) atoms. The molecule has 1 fully saturated rings. The summed E-state index contributed by atoms with van der Waals surface area (Å²) in [5, 5.41) is 3.36. The van der Waals surface area contributed by atoms with E-state index in [9.17, 15) is 14.2 Å². The SMILES string of the molecule is CCOP(=O)(OCCC(=O)OCc1ccccc1)N1C(=O)C(C)(N=[N+]=[N-])C1Cl. The van der Waals surface area contributed by atoms with E-state index in [-0.39, 0.29) is 26.2 Å². The van der Waals surface area contributed by atoms with Crippen LogP contribution in [0.1, 0.15) is 25.8 Å². The summed E-state index contributed by atoms with van der Waals surface area (Å²) in [5.74, 6) is -1.35. The summed E-state index contributed by atoms with van der Waals surface area (Å²) in [6.45, 7) is 2.64. The molecule has 3 atom stereocenters. The fraction of sp³-hybridized carbons (Fsp3) is 0.500. The zero-order chi connectivity index (χ0) is 20.8. The maximum absolute atomic E-state index is 13.0. The number of alkyl halides is 1. The Morgan fingerprint density at radius 3 is 2.64 bits per heavy atom. The minimum absolute atomic E-state index is 0.0264. The number of halogens is 1. The predicted molar refractivity (Wildman–Crippen MR) is 100 cm³/mol. The second-order valence-corrected chi connectivity index (χ2v) is 8.24. The quantitative estimate of drug-likeness (QED) is 0.0811. The molecular formula is C16H20ClN4O6P. The molecule has 1 aromatic carbocycles. The second-order valence-electron chi connectivity index (χ2n) is 5.94. The molecule has 1 aliphatic rings. The van der Waals surface area contributed by atoms with Crippen molar-refractivity contribution in [1.29, 1.82) is 0 Å². The van der Waals surface area contributed by atoms with Crippen LogP contribution in [0.5, 0.6) is 0 Å². The maximum atomic E-state index is 13.0. The number of carbonyl (C=O) groups excluding carboxylic acids is 2. The van der Waals surface area contributed by atoms with Crippen molar-refractivity contribution in [3.8, 4) is 0 Å². The van der Waals surface area contributed by atoms with Crippen molar-refractivity contribution in [3.05, 3.63) is 46.3 Å². The molecule has 0 N–H and O–H groups in total. The molecule has 12 heteroatoms. The van der Waals surface area contributed by atoms with Gasteiger partial charge in [-0.15, -0.1) is 0 Å². The van der Waals surface area contributed by atoms with Crippen molar-refractivity contribution in [2.24, 2.45) is 5.11 Å². The van der Waals surface area contributed by atoms with Gasteiger partial charge in [0.1, 0.15) is 12.1 Å². The molecule has 0 radical (unpaired) electrons. The Labute approximate surface area is 166 Å². The highest BCUT2D eigenvalue weighted by molar-refractivity contribution is 7.52. The van der Waals surface area contributed by atoms with Crippen molar-refractivity contribution in [2.75, 3.05) is 13.2 Å². The van der Waals surface area contributed by atoms with E-state index < -0.39 is 30.7 Å². The van der Waals surface area contributed by atoms with Crippen LogP contribution in [0.2, 0.25) is 0 Å². The number of nitrogens with zero attached hydrogens (tertiary/aromatic N) is 4. The summed E-state index contributed by atoms with van der Waals surface area (Å²) in [7, 11) is -4.11. The first-order valence-corrected chi connectivity index (χ1v) is 10.3. The zero-order valence-electron chi connectivity index (χ0n) is 15.4. The van der Waals surface area contributed by atoms with Gasteiger partial charge in [0.15, 0.2) is 5.54 Å². The molecule has 152 valence electrons. The van der Waals surface area contributed by atoms with E-state index in [1.54, 1.807) is 6.92 Å². The summed E-state index contributed by atoms with van der Waals surface area (Å²) in [6.07, 6.45) is -0.202. The monoisotopic (exact) mass is 430 g/mol. The lowest BCUT2D eigenvalue weighted by Crippen LogP contribution is -2.67. The van der Waals surface area contributed by atoms with Gasteiger partial charge in [-0.1, -0.05) is 47.0 Å². The van der Waals surface area contributed by atoms with E-state index in [1.807, 2.05) is 30.3 Å². The van der Waals surface area contributed by atoms with Gasteiger partial charge in [0.05, 0.1) is 19.6 Å². The van der Waals surface area contributed by atoms with Gasteiger partial charge < -0.3 is 4.74 Å². The summed E-state index contributed by atoms with van der Waals surface area (Å²) in [4.78, 5) is 26.7. The lowest BCUT2D eigenvalue weighted by molar-refractivity contribution is -0.146. The van der Waals surface area contributed by atoms with Crippen LogP contribution in [0.15, 0.2) is 35.4 Å². The minimum Gasteiger partial charge on any atom is -0.461 e. The number of hydrogen-bond donors (Lipinski definition) is 0. The first kappa shape index (κ1) is 22.2. The normalized spacial score (nSPS) is 23.3. The topological polar surface area (TPSA) is 131 Å². The smallest absolute Gasteiger partial charge is 0.438 e. The second kappa shape index (κ2) is 9.41. The van der Waals surface area contributed by atoms with Crippen molar-refractivity contribution < 1.29 is 27.9 Å². The average Bonchev–Trinajstić information content (AvgIpc) is 2.67. The van der Waals surface area contributed by atoms with Crippen LogP contribution in [-0.2, 0) is 34.5 Å². The molecule has 1 heterocycles. The van der Waals surface area contributed by atoms with Gasteiger partial charge in [-0.2, -0.15) is 0 Å². The summed E-state index contributed by atoms with van der Waals surface area (Å²) in [5.41, 5.74) is 6.61. The summed E-state index contributed by atoms with van der Waals surface area (Å²) < 4.78 is 29.1. The lowest BCUT2D eigenvalue weighted by Gasteiger charge is -2.49. The van der Waals surface area contributed by atoms with Gasteiger partial charge in [0.25, 0.3) is 0 Å². The first-order chi connectivity index (χ1) is 13.3. The van der Waals surface area contributed by atoms with E-state index >= 15 is 0 Å². The molecule has 1 saturated heterocycles. The number of amides is 1. The highest BCUT2D eigenvalue weighted by atomic mass is 35.5. The standard InChI is InChI=1S/C16H20ClN4O6P/c1-3-26-28(24,21-14(17)16(2,15(21)23)19-20-18)27-10-9-13(22)25-11-12-7-5-4-6-8-12/h4-8,14H,3,9-11H2,1-2H3. The van der Waals surface area contributed by atoms with E-state index in [4.69, 9.17) is 30.9 Å². The Balaban J connectivity index is 1.92. The van der Waals surface area contributed by atoms with Gasteiger partial charge in [-0.05, 0) is 24.9 Å². The van der Waals surface area contributed by atoms with Gasteiger partial charge >= 0.3 is 13.7 Å². The van der Waals surface area contributed by atoms with Crippen molar-refractivity contribution in [3.63, 3.8) is 0 Å². The third-order valence-electron chi connectivity index (χ3n) is 3.93. The number of rotatable bonds is 10. The van der Waals surface area contributed by atoms with Crippen LogP contribution >= 0.6 is 19.3 Å². The number of carbonyl (C=O) groups is 2. The highest BCUT2D eigenvalue weighted by Crippen LogP contribution is 2.61. The van der Waals surface area contributed by atoms with Crippen LogP contribution in [0, 0.1) is 0 Å². The number of β-lactam (4-membered cyclic amide) rings is 1. The van der Waals surface area contributed by atoms with Gasteiger partial charge in [0.2, 0.25) is 5.91 Å². The predicted octanol–water partition coefficient (Wildman–Crippen LogP) is 3.76. The third-order valence-corrected chi connectivity index (χ3v) is 6.72. The van der Waals surface area contributed by atoms with E-state index in [0.717, 1.165) is 5.56 Å². The molecule has 1 aromatic rings. The number of benzene rings is 1. The van der Waals surface area contributed by atoms with Gasteiger partial charge in [-0.3, -0.25) is 18.6 Å². The molecule has 1 aliphatic heterocycles. The van der Waals surface area contributed by atoms with Crippen LogP contribution in [0.25, 0.3) is 10.4 Å². The number of ether oxygens (including phenoxy) is 1. The molecule has 0 aromatic heterocycles. The Morgan fingerprint density at radius 2 is 2.07 bits per heavy atom. The van der Waals surface area contributed by atoms with E-state index in [2.05, 4.69) is 10.0 Å². The van der Waals surface area contributed by atoms with Gasteiger partial charge in [-0.25, -0.2) is 9.24 Å². The van der Waals surface area contributed by atoms with Gasteiger partial charge in [0, 0.05) is 4.91 Å². The Kier molecular flexibility index (Phi) is 7.46. The van der Waals surface area contributed by atoms with E-state index in [1.165, 1.54) is 6.92 Å². The van der Waals surface area contributed by atoms with Crippen molar-refractivity contribution >= 4 is 31.2 Å².